The third kappa shape index (κ3) is 3.03. The van der Waals surface area contributed by atoms with Crippen molar-refractivity contribution in [3.63, 3.8) is 0 Å². The Morgan fingerprint density at radius 3 is 2.89 bits per heavy atom. The fraction of sp³-hybridized carbons (Fsp3) is 0.600. The van der Waals surface area contributed by atoms with Gasteiger partial charge in [0.05, 0.1) is 7.11 Å². The van der Waals surface area contributed by atoms with Gasteiger partial charge in [0.2, 0.25) is 0 Å². The van der Waals surface area contributed by atoms with Crippen molar-refractivity contribution < 1.29 is 4.74 Å². The Kier molecular flexibility index (Phi) is 4.61. The van der Waals surface area contributed by atoms with E-state index in [1.807, 2.05) is 12.1 Å². The van der Waals surface area contributed by atoms with Gasteiger partial charge in [0.25, 0.3) is 0 Å². The van der Waals surface area contributed by atoms with Gasteiger partial charge in [0.15, 0.2) is 0 Å². The van der Waals surface area contributed by atoms with Gasteiger partial charge in [0.1, 0.15) is 5.75 Å². The molecular weight excluding hydrogens is 224 g/mol. The highest BCUT2D eigenvalue weighted by molar-refractivity contribution is 5.35. The largest absolute Gasteiger partial charge is 0.496 e. The molecule has 1 N–H and O–H groups in total. The molecule has 3 nitrogen and oxygen atoms in total. The van der Waals surface area contributed by atoms with Crippen LogP contribution in [0.2, 0.25) is 0 Å². The molecule has 0 radical (unpaired) electrons. The Bertz CT molecular complexity index is 381. The first-order chi connectivity index (χ1) is 8.72. The number of para-hydroxylation sites is 1. The minimum absolute atomic E-state index is 0.329. The molecule has 0 aromatic heterocycles. The second-order valence-electron chi connectivity index (χ2n) is 5.15. The topological polar surface area (TPSA) is 24.5 Å². The average Bonchev–Trinajstić information content (AvgIpc) is 2.81. The summed E-state index contributed by atoms with van der Waals surface area (Å²) in [5.41, 5.74) is 1.24. The summed E-state index contributed by atoms with van der Waals surface area (Å²) in [5.74, 6) is 0.970. The van der Waals surface area contributed by atoms with E-state index in [1.54, 1.807) is 7.11 Å². The maximum absolute atomic E-state index is 5.41. The van der Waals surface area contributed by atoms with Crippen LogP contribution in [0.1, 0.15) is 31.4 Å². The molecule has 0 aliphatic carbocycles. The molecule has 1 aromatic carbocycles. The number of rotatable bonds is 5. The normalized spacial score (nSPS) is 22.1. The fourth-order valence-corrected chi connectivity index (χ4v) is 2.68. The molecule has 18 heavy (non-hydrogen) atoms. The molecule has 1 aliphatic heterocycles. The maximum Gasteiger partial charge on any atom is 0.123 e. The molecule has 0 saturated carbocycles. The molecule has 3 heteroatoms. The van der Waals surface area contributed by atoms with Gasteiger partial charge in [-0.2, -0.15) is 0 Å². The number of hydrogen-bond donors (Lipinski definition) is 1. The average molecular weight is 248 g/mol. The molecule has 1 aliphatic rings. The third-order valence-corrected chi connectivity index (χ3v) is 3.94. The number of methoxy groups -OCH3 is 1. The van der Waals surface area contributed by atoms with Crippen LogP contribution in [0, 0.1) is 0 Å². The summed E-state index contributed by atoms with van der Waals surface area (Å²) in [7, 11) is 3.95. The van der Waals surface area contributed by atoms with Crippen molar-refractivity contribution in [2.45, 2.75) is 31.8 Å². The van der Waals surface area contributed by atoms with Crippen LogP contribution in [0.3, 0.4) is 0 Å². The van der Waals surface area contributed by atoms with Crippen LogP contribution in [-0.2, 0) is 0 Å². The SMILES string of the molecule is COc1ccccc1C(C)NCC1CCCN1C. The summed E-state index contributed by atoms with van der Waals surface area (Å²) in [6.45, 7) is 4.48. The Balaban J connectivity index is 1.92. The monoisotopic (exact) mass is 248 g/mol. The number of benzene rings is 1. The Morgan fingerprint density at radius 1 is 1.44 bits per heavy atom. The first kappa shape index (κ1) is 13.4. The van der Waals surface area contributed by atoms with Crippen LogP contribution >= 0.6 is 0 Å². The zero-order chi connectivity index (χ0) is 13.0. The van der Waals surface area contributed by atoms with Crippen molar-refractivity contribution in [2.75, 3.05) is 27.2 Å². The van der Waals surface area contributed by atoms with Gasteiger partial charge >= 0.3 is 0 Å². The van der Waals surface area contributed by atoms with E-state index in [1.165, 1.54) is 24.9 Å². The molecular formula is C15H24N2O. The number of nitrogens with one attached hydrogen (secondary N) is 1. The summed E-state index contributed by atoms with van der Waals surface area (Å²) in [6.07, 6.45) is 2.63. The van der Waals surface area contributed by atoms with Crippen molar-refractivity contribution >= 4 is 0 Å². The summed E-state index contributed by atoms with van der Waals surface area (Å²) in [6, 6.07) is 9.25. The number of ether oxygens (including phenoxy) is 1. The van der Waals surface area contributed by atoms with Crippen LogP contribution in [0.5, 0.6) is 5.75 Å². The lowest BCUT2D eigenvalue weighted by Gasteiger charge is -2.23. The molecule has 1 fully saturated rings. The highest BCUT2D eigenvalue weighted by Gasteiger charge is 2.21. The summed E-state index contributed by atoms with van der Waals surface area (Å²) in [4.78, 5) is 2.45. The van der Waals surface area contributed by atoms with E-state index in [4.69, 9.17) is 4.74 Å². The zero-order valence-corrected chi connectivity index (χ0v) is 11.6. The standard InChI is InChI=1S/C15H24N2O/c1-12(14-8-4-5-9-15(14)18-3)16-11-13-7-6-10-17(13)2/h4-5,8-9,12-13,16H,6-7,10-11H2,1-3H3. The van der Waals surface area contributed by atoms with Crippen LogP contribution in [0.15, 0.2) is 24.3 Å². The quantitative estimate of drug-likeness (QED) is 0.866. The number of likely N-dealkylation sites (N-methyl/N-ethyl adjacent to an activating group) is 1. The lowest BCUT2D eigenvalue weighted by Crippen LogP contribution is -2.36. The van der Waals surface area contributed by atoms with Gasteiger partial charge in [-0.05, 0) is 39.4 Å². The van der Waals surface area contributed by atoms with E-state index in [9.17, 15) is 0 Å². The first-order valence-electron chi connectivity index (χ1n) is 6.79. The van der Waals surface area contributed by atoms with Gasteiger partial charge < -0.3 is 15.0 Å². The van der Waals surface area contributed by atoms with Crippen LogP contribution in [-0.4, -0.2) is 38.2 Å². The highest BCUT2D eigenvalue weighted by Crippen LogP contribution is 2.24. The van der Waals surface area contributed by atoms with Gasteiger partial charge in [-0.25, -0.2) is 0 Å². The highest BCUT2D eigenvalue weighted by atomic mass is 16.5. The molecule has 0 bridgehead atoms. The summed E-state index contributed by atoms with van der Waals surface area (Å²) < 4.78 is 5.41. The molecule has 1 saturated heterocycles. The predicted molar refractivity (Wildman–Crippen MR) is 75.1 cm³/mol. The maximum atomic E-state index is 5.41. The Hall–Kier alpha value is -1.06. The van der Waals surface area contributed by atoms with Crippen LogP contribution < -0.4 is 10.1 Å². The van der Waals surface area contributed by atoms with Crippen molar-refractivity contribution in [2.24, 2.45) is 0 Å². The van der Waals surface area contributed by atoms with Gasteiger partial charge in [-0.3, -0.25) is 0 Å². The Labute approximate surface area is 110 Å². The van der Waals surface area contributed by atoms with Crippen molar-refractivity contribution in [3.8, 4) is 5.75 Å². The molecule has 2 atom stereocenters. The molecule has 2 unspecified atom stereocenters. The first-order valence-corrected chi connectivity index (χ1v) is 6.79. The second-order valence-corrected chi connectivity index (χ2v) is 5.15. The second kappa shape index (κ2) is 6.21. The van der Waals surface area contributed by atoms with Crippen molar-refractivity contribution in [1.82, 2.24) is 10.2 Å². The fourth-order valence-electron chi connectivity index (χ4n) is 2.68. The minimum Gasteiger partial charge on any atom is -0.496 e. The third-order valence-electron chi connectivity index (χ3n) is 3.94. The number of nitrogens with zero attached hydrogens (tertiary/aromatic N) is 1. The Morgan fingerprint density at radius 2 is 2.22 bits per heavy atom. The molecule has 1 aromatic rings. The van der Waals surface area contributed by atoms with E-state index < -0.39 is 0 Å². The van der Waals surface area contributed by atoms with Crippen molar-refractivity contribution in [3.05, 3.63) is 29.8 Å². The van der Waals surface area contributed by atoms with Gasteiger partial charge in [-0.1, -0.05) is 18.2 Å². The van der Waals surface area contributed by atoms with Crippen LogP contribution in [0.4, 0.5) is 0 Å². The van der Waals surface area contributed by atoms with E-state index in [0.29, 0.717) is 12.1 Å². The zero-order valence-electron chi connectivity index (χ0n) is 11.6. The van der Waals surface area contributed by atoms with Gasteiger partial charge in [0, 0.05) is 24.2 Å². The van der Waals surface area contributed by atoms with E-state index >= 15 is 0 Å². The van der Waals surface area contributed by atoms with E-state index in [2.05, 4.69) is 36.3 Å². The number of hydrogen-bond acceptors (Lipinski definition) is 3. The molecule has 0 spiro atoms. The lowest BCUT2D eigenvalue weighted by molar-refractivity contribution is 0.292. The van der Waals surface area contributed by atoms with Gasteiger partial charge in [-0.15, -0.1) is 0 Å². The minimum atomic E-state index is 0.329. The smallest absolute Gasteiger partial charge is 0.123 e. The van der Waals surface area contributed by atoms with Crippen LogP contribution in [0.25, 0.3) is 0 Å². The lowest BCUT2D eigenvalue weighted by atomic mass is 10.1. The predicted octanol–water partition coefficient (Wildman–Crippen LogP) is 2.44. The summed E-state index contributed by atoms with van der Waals surface area (Å²) >= 11 is 0. The molecule has 100 valence electrons. The van der Waals surface area contributed by atoms with Crippen molar-refractivity contribution in [1.29, 1.82) is 0 Å². The summed E-state index contributed by atoms with van der Waals surface area (Å²) in [5, 5.41) is 3.62. The van der Waals surface area contributed by atoms with E-state index in [0.717, 1.165) is 12.3 Å². The van der Waals surface area contributed by atoms with E-state index in [-0.39, 0.29) is 0 Å². The molecule has 0 amide bonds. The number of likely N-dealkylation sites (tertiary alicyclic amines) is 1. The molecule has 1 heterocycles. The molecule has 2 rings (SSSR count).